The van der Waals surface area contributed by atoms with E-state index >= 15 is 0 Å². The first kappa shape index (κ1) is 39.4. The Labute approximate surface area is 285 Å². The van der Waals surface area contributed by atoms with Crippen molar-refractivity contribution >= 4 is 40.9 Å². The van der Waals surface area contributed by atoms with Gasteiger partial charge in [-0.05, 0) is 61.7 Å². The van der Waals surface area contributed by atoms with Crippen LogP contribution in [0.5, 0.6) is 5.75 Å². The van der Waals surface area contributed by atoms with Crippen molar-refractivity contribution in [3.8, 4) is 5.75 Å². The molecule has 2 aromatic rings. The van der Waals surface area contributed by atoms with Crippen molar-refractivity contribution in [3.05, 3.63) is 59.1 Å². The topological polar surface area (TPSA) is 129 Å². The minimum atomic E-state index is -1.15. The number of carbonyl (C=O) groups is 4. The van der Waals surface area contributed by atoms with Gasteiger partial charge in [0.05, 0.1) is 13.0 Å². The summed E-state index contributed by atoms with van der Waals surface area (Å²) in [5, 5.41) is 10.4. The second-order valence-corrected chi connectivity index (χ2v) is 12.1. The number of carbonyl (C=O) groups excluding carboxylic acids is 4. The van der Waals surface area contributed by atoms with Gasteiger partial charge in [0, 0.05) is 37.1 Å². The molecule has 260 valence electrons. The predicted octanol–water partition coefficient (Wildman–Crippen LogP) is 6.53. The number of anilines is 1. The van der Waals surface area contributed by atoms with E-state index in [9.17, 15) is 19.2 Å². The van der Waals surface area contributed by atoms with E-state index in [4.69, 9.17) is 16.3 Å². The Hall–Kier alpha value is -3.79. The molecule has 0 aliphatic rings. The molecule has 10 nitrogen and oxygen atoms in total. The molecule has 0 saturated heterocycles. The Bertz CT molecular complexity index is 1230. The SMILES string of the molecule is CCCCCCCCCCCCNC(=O)CCCOc1ccc(NC(NC(=O)Cc2cccc(Cl)c2)C(=O)N(CC)NC(C)=O)cc1. The van der Waals surface area contributed by atoms with Crippen molar-refractivity contribution < 1.29 is 23.9 Å². The number of unbranched alkanes of at least 4 members (excludes halogenated alkanes) is 9. The summed E-state index contributed by atoms with van der Waals surface area (Å²) in [5.41, 5.74) is 3.75. The lowest BCUT2D eigenvalue weighted by molar-refractivity contribution is -0.142. The molecule has 4 N–H and O–H groups in total. The third kappa shape index (κ3) is 17.6. The van der Waals surface area contributed by atoms with Crippen molar-refractivity contribution in [2.24, 2.45) is 0 Å². The normalized spacial score (nSPS) is 11.3. The van der Waals surface area contributed by atoms with Gasteiger partial charge in [0.2, 0.25) is 17.7 Å². The number of hydrogen-bond acceptors (Lipinski definition) is 6. The zero-order valence-electron chi connectivity index (χ0n) is 28.4. The van der Waals surface area contributed by atoms with Gasteiger partial charge in [-0.2, -0.15) is 0 Å². The fourth-order valence-corrected chi connectivity index (χ4v) is 5.22. The lowest BCUT2D eigenvalue weighted by atomic mass is 10.1. The molecule has 0 spiro atoms. The first-order chi connectivity index (χ1) is 22.7. The lowest BCUT2D eigenvalue weighted by Gasteiger charge is -2.28. The van der Waals surface area contributed by atoms with Gasteiger partial charge in [-0.1, -0.05) is 88.4 Å². The molecule has 0 aliphatic heterocycles. The molecule has 2 aromatic carbocycles. The van der Waals surface area contributed by atoms with Crippen LogP contribution in [0.25, 0.3) is 0 Å². The number of nitrogens with one attached hydrogen (secondary N) is 4. The Morgan fingerprint density at radius 3 is 2.11 bits per heavy atom. The predicted molar refractivity (Wildman–Crippen MR) is 188 cm³/mol. The third-order valence-corrected chi connectivity index (χ3v) is 7.75. The smallest absolute Gasteiger partial charge is 0.284 e. The van der Waals surface area contributed by atoms with Gasteiger partial charge in [0.25, 0.3) is 5.91 Å². The molecule has 0 fully saturated rings. The highest BCUT2D eigenvalue weighted by atomic mass is 35.5. The number of halogens is 1. The maximum atomic E-state index is 13.3. The van der Waals surface area contributed by atoms with Crippen LogP contribution in [0.3, 0.4) is 0 Å². The number of hydrazine groups is 1. The number of rotatable bonds is 23. The highest BCUT2D eigenvalue weighted by Crippen LogP contribution is 2.18. The van der Waals surface area contributed by atoms with E-state index in [2.05, 4.69) is 28.3 Å². The fourth-order valence-electron chi connectivity index (χ4n) is 5.01. The standard InChI is InChI=1S/C36H54ClN5O5/c1-4-6-7-8-9-10-11-12-13-14-24-38-33(44)19-16-25-47-32-22-20-31(21-23-32)39-35(36(46)42(5-2)41-28(3)43)40-34(45)27-29-17-15-18-30(37)26-29/h15,17-18,20-23,26,35,39H,4-14,16,19,24-25,27H2,1-3H3,(H,38,44)(H,40,45)(H,41,43). The number of benzene rings is 2. The molecule has 11 heteroatoms. The Kier molecular flexibility index (Phi) is 19.7. The summed E-state index contributed by atoms with van der Waals surface area (Å²) in [5.74, 6) is -0.684. The van der Waals surface area contributed by atoms with Gasteiger partial charge in [0.1, 0.15) is 5.75 Å². The number of amides is 4. The highest BCUT2D eigenvalue weighted by molar-refractivity contribution is 6.30. The van der Waals surface area contributed by atoms with Gasteiger partial charge in [-0.3, -0.25) is 29.6 Å². The molecule has 1 unspecified atom stereocenters. The second kappa shape index (κ2) is 23.5. The van der Waals surface area contributed by atoms with Crippen molar-refractivity contribution in [2.45, 2.75) is 110 Å². The van der Waals surface area contributed by atoms with E-state index in [1.54, 1.807) is 55.5 Å². The van der Waals surface area contributed by atoms with E-state index in [1.165, 1.54) is 58.3 Å². The van der Waals surface area contributed by atoms with Gasteiger partial charge < -0.3 is 20.7 Å². The quantitative estimate of drug-likeness (QED) is 0.0604. The molecule has 47 heavy (non-hydrogen) atoms. The number of likely N-dealkylation sites (N-methyl/N-ethyl adjacent to an activating group) is 1. The Balaban J connectivity index is 1.76. The molecule has 0 heterocycles. The molecule has 0 bridgehead atoms. The van der Waals surface area contributed by atoms with Crippen LogP contribution in [0.4, 0.5) is 5.69 Å². The van der Waals surface area contributed by atoms with Crippen LogP contribution in [0.15, 0.2) is 48.5 Å². The molecule has 0 aromatic heterocycles. The summed E-state index contributed by atoms with van der Waals surface area (Å²) in [7, 11) is 0. The van der Waals surface area contributed by atoms with E-state index < -0.39 is 23.9 Å². The number of ether oxygens (including phenoxy) is 1. The fraction of sp³-hybridized carbons (Fsp3) is 0.556. The second-order valence-electron chi connectivity index (χ2n) is 11.7. The third-order valence-electron chi connectivity index (χ3n) is 7.52. The van der Waals surface area contributed by atoms with Crippen LogP contribution in [0.1, 0.15) is 103 Å². The number of nitrogens with zero attached hydrogens (tertiary/aromatic N) is 1. The van der Waals surface area contributed by atoms with E-state index in [0.717, 1.165) is 24.4 Å². The van der Waals surface area contributed by atoms with Crippen LogP contribution in [-0.4, -0.2) is 54.5 Å². The zero-order chi connectivity index (χ0) is 34.3. The molecule has 0 saturated carbocycles. The molecule has 2 rings (SSSR count). The van der Waals surface area contributed by atoms with Crippen molar-refractivity contribution in [1.82, 2.24) is 21.1 Å². The van der Waals surface area contributed by atoms with Crippen molar-refractivity contribution in [2.75, 3.05) is 25.0 Å². The summed E-state index contributed by atoms with van der Waals surface area (Å²) in [4.78, 5) is 50.0. The van der Waals surface area contributed by atoms with E-state index in [-0.39, 0.29) is 18.9 Å². The molecular weight excluding hydrogens is 618 g/mol. The summed E-state index contributed by atoms with van der Waals surface area (Å²) >= 11 is 6.05. The van der Waals surface area contributed by atoms with Crippen LogP contribution in [0.2, 0.25) is 5.02 Å². The molecule has 4 amide bonds. The number of hydrogen-bond donors (Lipinski definition) is 4. The van der Waals surface area contributed by atoms with Gasteiger partial charge in [-0.15, -0.1) is 0 Å². The first-order valence-electron chi connectivity index (χ1n) is 17.1. The molecule has 0 aliphatic carbocycles. The molecular formula is C36H54ClN5O5. The average Bonchev–Trinajstić information content (AvgIpc) is 3.04. The summed E-state index contributed by atoms with van der Waals surface area (Å²) in [6.45, 7) is 6.57. The first-order valence-corrected chi connectivity index (χ1v) is 17.5. The minimum absolute atomic E-state index is 0.0163. The van der Waals surface area contributed by atoms with Gasteiger partial charge in [-0.25, -0.2) is 0 Å². The van der Waals surface area contributed by atoms with Gasteiger partial charge >= 0.3 is 0 Å². The van der Waals surface area contributed by atoms with Crippen molar-refractivity contribution in [3.63, 3.8) is 0 Å². The molecule has 1 atom stereocenters. The van der Waals surface area contributed by atoms with Crippen LogP contribution in [-0.2, 0) is 25.6 Å². The van der Waals surface area contributed by atoms with E-state index in [1.807, 2.05) is 0 Å². The monoisotopic (exact) mass is 671 g/mol. The van der Waals surface area contributed by atoms with Crippen LogP contribution < -0.4 is 26.1 Å². The summed E-state index contributed by atoms with van der Waals surface area (Å²) in [6, 6.07) is 13.9. The van der Waals surface area contributed by atoms with Crippen LogP contribution in [0, 0.1) is 0 Å². The Morgan fingerprint density at radius 1 is 0.830 bits per heavy atom. The maximum absolute atomic E-state index is 13.3. The van der Waals surface area contributed by atoms with Gasteiger partial charge in [0.15, 0.2) is 6.17 Å². The summed E-state index contributed by atoms with van der Waals surface area (Å²) in [6.07, 6.45) is 12.5. The lowest BCUT2D eigenvalue weighted by Crippen LogP contribution is -2.57. The summed E-state index contributed by atoms with van der Waals surface area (Å²) < 4.78 is 5.80. The van der Waals surface area contributed by atoms with Crippen molar-refractivity contribution in [1.29, 1.82) is 0 Å². The largest absolute Gasteiger partial charge is 0.494 e. The minimum Gasteiger partial charge on any atom is -0.494 e. The maximum Gasteiger partial charge on any atom is 0.284 e. The average molecular weight is 672 g/mol. The van der Waals surface area contributed by atoms with E-state index in [0.29, 0.717) is 41.5 Å². The Morgan fingerprint density at radius 2 is 1.49 bits per heavy atom. The zero-order valence-corrected chi connectivity index (χ0v) is 29.1. The molecule has 0 radical (unpaired) electrons. The van der Waals surface area contributed by atoms with Crippen LogP contribution >= 0.6 is 11.6 Å². The highest BCUT2D eigenvalue weighted by Gasteiger charge is 2.26.